The Morgan fingerprint density at radius 2 is 1.82 bits per heavy atom. The van der Waals surface area contributed by atoms with Crippen LogP contribution in [0, 0.1) is 11.8 Å². The van der Waals surface area contributed by atoms with Gasteiger partial charge in [0.25, 0.3) is 0 Å². The average Bonchev–Trinajstić information content (AvgIpc) is 2.76. The van der Waals surface area contributed by atoms with Gasteiger partial charge in [-0.05, 0) is 37.2 Å². The molecule has 1 aromatic carbocycles. The molecule has 4 fully saturated rings. The first-order valence-electron chi connectivity index (χ1n) is 8.86. The van der Waals surface area contributed by atoms with Crippen molar-refractivity contribution in [3.63, 3.8) is 0 Å². The van der Waals surface area contributed by atoms with Gasteiger partial charge in [-0.3, -0.25) is 9.69 Å². The largest absolute Gasteiger partial charge is 0.338 e. The van der Waals surface area contributed by atoms with Crippen molar-refractivity contribution in [2.24, 2.45) is 11.8 Å². The van der Waals surface area contributed by atoms with Gasteiger partial charge >= 0.3 is 0 Å². The van der Waals surface area contributed by atoms with Gasteiger partial charge in [0.1, 0.15) is 0 Å². The van der Waals surface area contributed by atoms with E-state index in [1.54, 1.807) is 0 Å². The highest BCUT2D eigenvalue weighted by atomic mass is 16.2. The third-order valence-electron chi connectivity index (χ3n) is 5.78. The van der Waals surface area contributed by atoms with Gasteiger partial charge in [-0.2, -0.15) is 0 Å². The quantitative estimate of drug-likeness (QED) is 0.856. The minimum Gasteiger partial charge on any atom is -0.338 e. The maximum Gasteiger partial charge on any atom is 0.225 e. The number of fused-ring (bicyclic) bond motifs is 4. The third kappa shape index (κ3) is 2.79. The molecule has 22 heavy (non-hydrogen) atoms. The standard InChI is InChI=1S/C19H26N2O/c22-19(17-7-4-8-17)21-13-16-9-10-18(21)14-20(12-16)11-15-5-2-1-3-6-15/h1-3,5-6,16-18H,4,7-14H2/t16-,18+/m0/s1. The van der Waals surface area contributed by atoms with Gasteiger partial charge < -0.3 is 4.90 Å². The SMILES string of the molecule is O=C(C1CCC1)N1C[C@H]2CC[C@@H]1CN(Cc1ccccc1)C2. The first-order chi connectivity index (χ1) is 10.8. The highest BCUT2D eigenvalue weighted by molar-refractivity contribution is 5.80. The van der Waals surface area contributed by atoms with Crippen molar-refractivity contribution >= 4 is 5.91 Å². The molecule has 3 saturated heterocycles. The number of benzene rings is 1. The van der Waals surface area contributed by atoms with Gasteiger partial charge in [-0.15, -0.1) is 0 Å². The van der Waals surface area contributed by atoms with Crippen LogP contribution in [0.2, 0.25) is 0 Å². The van der Waals surface area contributed by atoms with E-state index in [1.807, 2.05) is 0 Å². The third-order valence-corrected chi connectivity index (χ3v) is 5.78. The molecule has 2 bridgehead atoms. The van der Waals surface area contributed by atoms with Crippen molar-refractivity contribution in [1.29, 1.82) is 0 Å². The summed E-state index contributed by atoms with van der Waals surface area (Å²) in [5, 5.41) is 0. The smallest absolute Gasteiger partial charge is 0.225 e. The summed E-state index contributed by atoms with van der Waals surface area (Å²) in [6.45, 7) is 4.24. The maximum absolute atomic E-state index is 12.7. The van der Waals surface area contributed by atoms with Gasteiger partial charge in [0.15, 0.2) is 0 Å². The summed E-state index contributed by atoms with van der Waals surface area (Å²) in [5.74, 6) is 1.48. The van der Waals surface area contributed by atoms with E-state index >= 15 is 0 Å². The summed E-state index contributed by atoms with van der Waals surface area (Å²) in [7, 11) is 0. The second kappa shape index (κ2) is 6.04. The molecule has 1 aromatic rings. The van der Waals surface area contributed by atoms with Crippen LogP contribution in [0.5, 0.6) is 0 Å². The molecule has 0 radical (unpaired) electrons. The Morgan fingerprint density at radius 1 is 1.00 bits per heavy atom. The Morgan fingerprint density at radius 3 is 2.55 bits per heavy atom. The Balaban J connectivity index is 1.45. The molecular formula is C19H26N2O. The molecule has 0 spiro atoms. The van der Waals surface area contributed by atoms with E-state index in [-0.39, 0.29) is 0 Å². The molecule has 3 aliphatic heterocycles. The Hall–Kier alpha value is -1.35. The van der Waals surface area contributed by atoms with Crippen LogP contribution >= 0.6 is 0 Å². The van der Waals surface area contributed by atoms with Crippen molar-refractivity contribution in [3.05, 3.63) is 35.9 Å². The number of carbonyl (C=O) groups is 1. The lowest BCUT2D eigenvalue weighted by Gasteiger charge is -2.40. The Bertz CT molecular complexity index is 525. The van der Waals surface area contributed by atoms with E-state index in [1.165, 1.54) is 24.8 Å². The molecule has 0 aromatic heterocycles. The van der Waals surface area contributed by atoms with Crippen LogP contribution in [-0.2, 0) is 11.3 Å². The van der Waals surface area contributed by atoms with Crippen LogP contribution in [0.3, 0.4) is 0 Å². The summed E-state index contributed by atoms with van der Waals surface area (Å²) >= 11 is 0. The number of hydrogen-bond acceptors (Lipinski definition) is 2. The highest BCUT2D eigenvalue weighted by Crippen LogP contribution is 2.34. The lowest BCUT2D eigenvalue weighted by molar-refractivity contribution is -0.142. The Kier molecular flexibility index (Phi) is 3.91. The normalized spacial score (nSPS) is 29.2. The van der Waals surface area contributed by atoms with E-state index < -0.39 is 0 Å². The molecule has 4 aliphatic rings. The summed E-state index contributed by atoms with van der Waals surface area (Å²) in [5.41, 5.74) is 1.39. The fraction of sp³-hybridized carbons (Fsp3) is 0.632. The second-order valence-corrected chi connectivity index (χ2v) is 7.40. The molecule has 3 heteroatoms. The molecule has 1 amide bonds. The summed E-state index contributed by atoms with van der Waals surface area (Å²) < 4.78 is 0. The number of amides is 1. The van der Waals surface area contributed by atoms with E-state index in [0.29, 0.717) is 23.8 Å². The molecule has 1 saturated carbocycles. The summed E-state index contributed by atoms with van der Waals surface area (Å²) in [4.78, 5) is 17.5. The zero-order valence-corrected chi connectivity index (χ0v) is 13.3. The van der Waals surface area contributed by atoms with Gasteiger partial charge in [-0.25, -0.2) is 0 Å². The topological polar surface area (TPSA) is 23.6 Å². The second-order valence-electron chi connectivity index (χ2n) is 7.40. The predicted octanol–water partition coefficient (Wildman–Crippen LogP) is 2.91. The molecule has 0 unspecified atom stereocenters. The van der Waals surface area contributed by atoms with E-state index in [9.17, 15) is 4.79 Å². The fourth-order valence-electron chi connectivity index (χ4n) is 4.31. The summed E-state index contributed by atoms with van der Waals surface area (Å²) in [6.07, 6.45) is 6.00. The Labute approximate surface area is 133 Å². The molecule has 5 rings (SSSR count). The predicted molar refractivity (Wildman–Crippen MR) is 87.3 cm³/mol. The molecule has 118 valence electrons. The van der Waals surface area contributed by atoms with E-state index in [0.717, 1.165) is 39.0 Å². The molecule has 2 atom stereocenters. The van der Waals surface area contributed by atoms with Crippen molar-refractivity contribution in [3.8, 4) is 0 Å². The summed E-state index contributed by atoms with van der Waals surface area (Å²) in [6, 6.07) is 11.2. The molecule has 1 aliphatic carbocycles. The first kappa shape index (κ1) is 14.3. The molecule has 0 N–H and O–H groups in total. The van der Waals surface area contributed by atoms with Crippen molar-refractivity contribution in [2.75, 3.05) is 19.6 Å². The van der Waals surface area contributed by atoms with Crippen LogP contribution < -0.4 is 0 Å². The minimum absolute atomic E-state index is 0.349. The number of carbonyl (C=O) groups excluding carboxylic acids is 1. The minimum atomic E-state index is 0.349. The van der Waals surface area contributed by atoms with E-state index in [4.69, 9.17) is 0 Å². The fourth-order valence-corrected chi connectivity index (χ4v) is 4.31. The number of piperidine rings is 1. The average molecular weight is 298 g/mol. The zero-order chi connectivity index (χ0) is 14.9. The van der Waals surface area contributed by atoms with Crippen LogP contribution in [0.25, 0.3) is 0 Å². The zero-order valence-electron chi connectivity index (χ0n) is 13.3. The van der Waals surface area contributed by atoms with Crippen LogP contribution in [0.1, 0.15) is 37.7 Å². The first-order valence-corrected chi connectivity index (χ1v) is 8.86. The molecule has 3 heterocycles. The van der Waals surface area contributed by atoms with Crippen molar-refractivity contribution in [1.82, 2.24) is 9.80 Å². The highest BCUT2D eigenvalue weighted by Gasteiger charge is 2.40. The number of nitrogens with zero attached hydrogens (tertiary/aromatic N) is 2. The van der Waals surface area contributed by atoms with Gasteiger partial charge in [0, 0.05) is 38.1 Å². The van der Waals surface area contributed by atoms with Crippen molar-refractivity contribution in [2.45, 2.75) is 44.7 Å². The lowest BCUT2D eigenvalue weighted by atomic mass is 9.83. The van der Waals surface area contributed by atoms with Gasteiger partial charge in [0.05, 0.1) is 0 Å². The van der Waals surface area contributed by atoms with Crippen LogP contribution in [0.4, 0.5) is 0 Å². The van der Waals surface area contributed by atoms with Crippen molar-refractivity contribution < 1.29 is 4.79 Å². The maximum atomic E-state index is 12.7. The molecular weight excluding hydrogens is 272 g/mol. The van der Waals surface area contributed by atoms with E-state index in [2.05, 4.69) is 40.1 Å². The number of hydrogen-bond donors (Lipinski definition) is 0. The van der Waals surface area contributed by atoms with Gasteiger partial charge in [-0.1, -0.05) is 36.8 Å². The van der Waals surface area contributed by atoms with Gasteiger partial charge in [0.2, 0.25) is 5.91 Å². The monoisotopic (exact) mass is 298 g/mol. The van der Waals surface area contributed by atoms with Crippen LogP contribution in [-0.4, -0.2) is 41.4 Å². The van der Waals surface area contributed by atoms with Crippen LogP contribution in [0.15, 0.2) is 30.3 Å². The lowest BCUT2D eigenvalue weighted by Crippen LogP contribution is -2.50. The molecule has 3 nitrogen and oxygen atoms in total. The number of rotatable bonds is 3.